The summed E-state index contributed by atoms with van der Waals surface area (Å²) in [4.78, 5) is 12.9. The molecule has 0 radical (unpaired) electrons. The van der Waals surface area contributed by atoms with Crippen LogP contribution in [-0.4, -0.2) is 31.3 Å². The van der Waals surface area contributed by atoms with Gasteiger partial charge in [0.2, 0.25) is 0 Å². The molecule has 0 saturated carbocycles. The van der Waals surface area contributed by atoms with Crippen molar-refractivity contribution in [1.82, 2.24) is 0 Å². The molecule has 0 saturated heterocycles. The summed E-state index contributed by atoms with van der Waals surface area (Å²) in [7, 11) is 0. The van der Waals surface area contributed by atoms with Gasteiger partial charge in [0.15, 0.2) is 0 Å². The van der Waals surface area contributed by atoms with Crippen molar-refractivity contribution in [1.29, 1.82) is 0 Å². The molecule has 0 spiro atoms. The Hall–Kier alpha value is -1.46. The van der Waals surface area contributed by atoms with E-state index in [1.165, 1.54) is 0 Å². The van der Waals surface area contributed by atoms with Gasteiger partial charge in [0, 0.05) is 0 Å². The van der Waals surface area contributed by atoms with Gasteiger partial charge < -0.3 is 0 Å². The first-order valence-corrected chi connectivity index (χ1v) is 11.1. The van der Waals surface area contributed by atoms with E-state index in [0.29, 0.717) is 10.7 Å². The SMILES string of the molecule is CCN(CC)c1ccc([N+](=O)[O-])c2c1=N[Se](C)(C)N=2. The molecule has 7 heteroatoms. The number of non-ortho nitro benzene ring substituents is 1. The Balaban J connectivity index is 2.76. The van der Waals surface area contributed by atoms with Crippen LogP contribution in [0.25, 0.3) is 0 Å². The van der Waals surface area contributed by atoms with Crippen molar-refractivity contribution in [2.75, 3.05) is 18.0 Å². The molecule has 2 rings (SSSR count). The van der Waals surface area contributed by atoms with E-state index in [4.69, 9.17) is 0 Å². The molecule has 0 atom stereocenters. The predicted octanol–water partition coefficient (Wildman–Crippen LogP) is 1.40. The molecule has 0 bridgehead atoms. The fourth-order valence-electron chi connectivity index (χ4n) is 2.17. The van der Waals surface area contributed by atoms with E-state index in [1.54, 1.807) is 12.1 Å². The van der Waals surface area contributed by atoms with Gasteiger partial charge in [-0.25, -0.2) is 0 Å². The minimum absolute atomic E-state index is 0.0671. The van der Waals surface area contributed by atoms with Crippen LogP contribution in [0.1, 0.15) is 13.8 Å². The molecule has 1 aromatic rings. The molecular weight excluding hydrogens is 311 g/mol. The number of nitrogens with zero attached hydrogens (tertiary/aromatic N) is 4. The molecular formula is C12H18N4O2Se. The van der Waals surface area contributed by atoms with Gasteiger partial charge in [-0.15, -0.1) is 0 Å². The zero-order valence-electron chi connectivity index (χ0n) is 11.6. The first-order valence-electron chi connectivity index (χ1n) is 6.15. The van der Waals surface area contributed by atoms with Crippen LogP contribution in [0.15, 0.2) is 20.2 Å². The maximum atomic E-state index is 11.1. The molecule has 104 valence electrons. The van der Waals surface area contributed by atoms with Gasteiger partial charge in [-0.3, -0.25) is 0 Å². The monoisotopic (exact) mass is 330 g/mol. The molecule has 0 fully saturated rings. The number of fused-ring (bicyclic) bond motifs is 1. The Kier molecular flexibility index (Phi) is 3.60. The fraction of sp³-hybridized carbons (Fsp3) is 0.500. The molecule has 1 aromatic carbocycles. The Morgan fingerprint density at radius 1 is 1.21 bits per heavy atom. The average Bonchev–Trinajstić information content (AvgIpc) is 2.65. The third-order valence-electron chi connectivity index (χ3n) is 3.04. The molecule has 0 aromatic heterocycles. The van der Waals surface area contributed by atoms with Gasteiger partial charge in [0.25, 0.3) is 0 Å². The third-order valence-corrected chi connectivity index (χ3v) is 5.68. The van der Waals surface area contributed by atoms with E-state index >= 15 is 0 Å². The molecule has 19 heavy (non-hydrogen) atoms. The van der Waals surface area contributed by atoms with E-state index in [9.17, 15) is 10.1 Å². The van der Waals surface area contributed by atoms with Crippen molar-refractivity contribution >= 4 is 24.7 Å². The predicted molar refractivity (Wildman–Crippen MR) is 76.5 cm³/mol. The van der Waals surface area contributed by atoms with Crippen molar-refractivity contribution in [2.24, 2.45) is 8.02 Å². The van der Waals surface area contributed by atoms with E-state index in [-0.39, 0.29) is 10.6 Å². The summed E-state index contributed by atoms with van der Waals surface area (Å²) in [6, 6.07) is 3.34. The number of hydrogen-bond donors (Lipinski definition) is 0. The number of benzene rings is 1. The van der Waals surface area contributed by atoms with Gasteiger partial charge in [0.1, 0.15) is 0 Å². The average molecular weight is 329 g/mol. The van der Waals surface area contributed by atoms with E-state index in [0.717, 1.165) is 18.8 Å². The summed E-state index contributed by atoms with van der Waals surface area (Å²) in [5.74, 6) is 4.01. The third kappa shape index (κ3) is 2.48. The van der Waals surface area contributed by atoms with Crippen molar-refractivity contribution in [3.05, 3.63) is 33.0 Å². The first-order chi connectivity index (χ1) is 8.89. The van der Waals surface area contributed by atoms with Gasteiger partial charge >= 0.3 is 114 Å². The van der Waals surface area contributed by atoms with Gasteiger partial charge in [0.05, 0.1) is 0 Å². The van der Waals surface area contributed by atoms with Gasteiger partial charge in [-0.05, 0) is 0 Å². The summed E-state index contributed by atoms with van der Waals surface area (Å²) in [5.41, 5.74) is 1.02. The second-order valence-corrected chi connectivity index (χ2v) is 10.5. The molecule has 0 N–H and O–H groups in total. The summed E-state index contributed by atoms with van der Waals surface area (Å²) < 4.78 is 9.23. The molecule has 0 unspecified atom stereocenters. The number of nitro groups is 1. The van der Waals surface area contributed by atoms with Crippen LogP contribution >= 0.6 is 0 Å². The fourth-order valence-corrected chi connectivity index (χ4v) is 4.89. The molecule has 0 aliphatic carbocycles. The Morgan fingerprint density at radius 2 is 1.79 bits per heavy atom. The van der Waals surface area contributed by atoms with E-state index in [1.807, 2.05) is 11.6 Å². The molecule has 1 aliphatic heterocycles. The van der Waals surface area contributed by atoms with Crippen LogP contribution in [0.5, 0.6) is 0 Å². The Morgan fingerprint density at radius 3 is 2.32 bits per heavy atom. The van der Waals surface area contributed by atoms with Crippen molar-refractivity contribution < 1.29 is 4.92 Å². The number of nitro benzene ring substituents is 1. The molecule has 0 amide bonds. The van der Waals surface area contributed by atoms with Crippen LogP contribution in [0, 0.1) is 10.1 Å². The van der Waals surface area contributed by atoms with Gasteiger partial charge in [-0.1, -0.05) is 0 Å². The molecule has 1 heterocycles. The van der Waals surface area contributed by atoms with Crippen LogP contribution in [0.4, 0.5) is 11.4 Å². The van der Waals surface area contributed by atoms with E-state index < -0.39 is 13.3 Å². The maximum absolute atomic E-state index is 11.1. The standard InChI is InChI=1S/C12H18N4O2Se/c1-5-15(6-2)9-7-8-10(16(17)18)12-11(9)13-19(3,4)14-12/h7-8H,5-6H2,1-4H3. The first kappa shape index (κ1) is 14.0. The van der Waals surface area contributed by atoms with E-state index in [2.05, 4.69) is 26.8 Å². The summed E-state index contributed by atoms with van der Waals surface area (Å²) in [5, 5.41) is 12.3. The van der Waals surface area contributed by atoms with Crippen LogP contribution in [0.3, 0.4) is 0 Å². The Bertz CT molecular complexity index is 638. The summed E-state index contributed by atoms with van der Waals surface area (Å²) >= 11 is -2.29. The van der Waals surface area contributed by atoms with Gasteiger partial charge in [-0.2, -0.15) is 0 Å². The topological polar surface area (TPSA) is 71.1 Å². The number of anilines is 1. The van der Waals surface area contributed by atoms with Crippen LogP contribution < -0.4 is 15.6 Å². The van der Waals surface area contributed by atoms with Crippen LogP contribution in [0.2, 0.25) is 11.6 Å². The zero-order valence-corrected chi connectivity index (χ0v) is 13.3. The van der Waals surface area contributed by atoms with Crippen LogP contribution in [-0.2, 0) is 0 Å². The van der Waals surface area contributed by atoms with Crippen molar-refractivity contribution in [3.8, 4) is 0 Å². The zero-order chi connectivity index (χ0) is 14.2. The summed E-state index contributed by atoms with van der Waals surface area (Å²) in [6.07, 6.45) is 0. The Labute approximate surface area is 114 Å². The minimum atomic E-state index is -2.29. The van der Waals surface area contributed by atoms with Crippen molar-refractivity contribution in [2.45, 2.75) is 25.5 Å². The molecule has 1 aliphatic rings. The second-order valence-electron chi connectivity index (χ2n) is 4.63. The van der Waals surface area contributed by atoms with Crippen molar-refractivity contribution in [3.63, 3.8) is 0 Å². The normalized spacial score (nSPS) is 17.1. The quantitative estimate of drug-likeness (QED) is 0.476. The number of hydrogen-bond acceptors (Lipinski definition) is 5. The summed E-state index contributed by atoms with van der Waals surface area (Å²) in [6.45, 7) is 5.82. The molecule has 6 nitrogen and oxygen atoms in total. The second kappa shape index (κ2) is 4.90. The number of rotatable bonds is 4.